The summed E-state index contributed by atoms with van der Waals surface area (Å²) in [6.45, 7) is 5.09. The molecule has 0 aliphatic rings. The molecule has 0 saturated heterocycles. The molecule has 0 amide bonds. The zero-order chi connectivity index (χ0) is 16.3. The van der Waals surface area contributed by atoms with Gasteiger partial charge >= 0.3 is 0 Å². The molecule has 0 fully saturated rings. The lowest BCUT2D eigenvalue weighted by Crippen LogP contribution is -2.39. The number of hydrogen-bond acceptors (Lipinski definition) is 3. The largest absolute Gasteiger partial charge is 0.492 e. The van der Waals surface area contributed by atoms with Crippen molar-refractivity contribution in [3.63, 3.8) is 0 Å². The fourth-order valence-electron chi connectivity index (χ4n) is 2.11. The summed E-state index contributed by atoms with van der Waals surface area (Å²) in [6, 6.07) is 9.80. The lowest BCUT2D eigenvalue weighted by molar-refractivity contribution is 0.322. The molecule has 24 heavy (non-hydrogen) atoms. The van der Waals surface area contributed by atoms with Crippen molar-refractivity contribution in [2.75, 3.05) is 26.7 Å². The summed E-state index contributed by atoms with van der Waals surface area (Å²) in [4.78, 5) is 4.20. The van der Waals surface area contributed by atoms with Crippen molar-refractivity contribution in [1.29, 1.82) is 0 Å². The summed E-state index contributed by atoms with van der Waals surface area (Å²) in [5.74, 6) is 1.67. The second-order valence-corrected chi connectivity index (χ2v) is 5.22. The van der Waals surface area contributed by atoms with Crippen molar-refractivity contribution in [2.24, 2.45) is 4.99 Å². The smallest absolute Gasteiger partial charge is 0.191 e. The van der Waals surface area contributed by atoms with E-state index in [0.29, 0.717) is 13.2 Å². The number of ether oxygens (including phenoxy) is 1. The van der Waals surface area contributed by atoms with E-state index in [0.717, 1.165) is 31.2 Å². The number of halogens is 1. The van der Waals surface area contributed by atoms with Crippen molar-refractivity contribution in [3.05, 3.63) is 48.3 Å². The van der Waals surface area contributed by atoms with Crippen molar-refractivity contribution in [3.8, 4) is 5.75 Å². The molecular formula is C17H26IN5O. The van der Waals surface area contributed by atoms with E-state index in [9.17, 15) is 0 Å². The Hall–Kier alpha value is -1.77. The van der Waals surface area contributed by atoms with Crippen LogP contribution in [0.4, 0.5) is 0 Å². The molecule has 2 aromatic rings. The van der Waals surface area contributed by atoms with Gasteiger partial charge in [-0.05, 0) is 31.0 Å². The maximum atomic E-state index is 5.63. The summed E-state index contributed by atoms with van der Waals surface area (Å²) < 4.78 is 7.59. The molecule has 0 unspecified atom stereocenters. The summed E-state index contributed by atoms with van der Waals surface area (Å²) in [6.07, 6.45) is 4.91. The Kier molecular flexibility index (Phi) is 9.90. The maximum Gasteiger partial charge on any atom is 0.191 e. The zero-order valence-electron chi connectivity index (χ0n) is 14.2. The minimum atomic E-state index is 0. The Labute approximate surface area is 160 Å². The summed E-state index contributed by atoms with van der Waals surface area (Å²) in [5, 5.41) is 10.8. The SMILES string of the molecule is CN=C(NCCCn1cc(C)cn1)NCCOc1ccccc1.I. The minimum absolute atomic E-state index is 0. The van der Waals surface area contributed by atoms with Crippen LogP contribution in [0.2, 0.25) is 0 Å². The number of para-hydroxylation sites is 1. The first-order valence-electron chi connectivity index (χ1n) is 7.89. The van der Waals surface area contributed by atoms with Crippen LogP contribution in [0.25, 0.3) is 0 Å². The Morgan fingerprint density at radius 2 is 1.96 bits per heavy atom. The van der Waals surface area contributed by atoms with E-state index in [1.54, 1.807) is 7.05 Å². The molecule has 0 saturated carbocycles. The number of benzene rings is 1. The number of aryl methyl sites for hydroxylation is 2. The van der Waals surface area contributed by atoms with Gasteiger partial charge in [-0.15, -0.1) is 24.0 Å². The average Bonchev–Trinajstić information content (AvgIpc) is 2.99. The fourth-order valence-corrected chi connectivity index (χ4v) is 2.11. The molecule has 2 rings (SSSR count). The van der Waals surface area contributed by atoms with Crippen LogP contribution in [0.3, 0.4) is 0 Å². The fraction of sp³-hybridized carbons (Fsp3) is 0.412. The van der Waals surface area contributed by atoms with Gasteiger partial charge in [-0.1, -0.05) is 18.2 Å². The number of hydrogen-bond donors (Lipinski definition) is 2. The highest BCUT2D eigenvalue weighted by atomic mass is 127. The highest BCUT2D eigenvalue weighted by Gasteiger charge is 1.98. The third kappa shape index (κ3) is 7.67. The standard InChI is InChI=1S/C17H25N5O.HI/c1-15-13-21-22(14-15)11-6-9-19-17(18-2)20-10-12-23-16-7-4-3-5-8-16;/h3-5,7-8,13-14H,6,9-12H2,1-2H3,(H2,18,19,20);1H. The molecule has 0 aliphatic carbocycles. The maximum absolute atomic E-state index is 5.63. The van der Waals surface area contributed by atoms with E-state index in [1.807, 2.05) is 54.3 Å². The number of nitrogens with one attached hydrogen (secondary N) is 2. The number of aromatic nitrogens is 2. The quantitative estimate of drug-likeness (QED) is 0.285. The van der Waals surface area contributed by atoms with E-state index in [4.69, 9.17) is 4.74 Å². The highest BCUT2D eigenvalue weighted by Crippen LogP contribution is 2.07. The van der Waals surface area contributed by atoms with Gasteiger partial charge in [0.1, 0.15) is 12.4 Å². The van der Waals surface area contributed by atoms with Crippen LogP contribution in [-0.4, -0.2) is 42.5 Å². The highest BCUT2D eigenvalue weighted by molar-refractivity contribution is 14.0. The van der Waals surface area contributed by atoms with Gasteiger partial charge in [0.15, 0.2) is 5.96 Å². The first-order chi connectivity index (χ1) is 11.3. The zero-order valence-corrected chi connectivity index (χ0v) is 16.6. The number of rotatable bonds is 8. The first-order valence-corrected chi connectivity index (χ1v) is 7.89. The van der Waals surface area contributed by atoms with E-state index >= 15 is 0 Å². The lowest BCUT2D eigenvalue weighted by atomic mass is 10.3. The predicted molar refractivity (Wildman–Crippen MR) is 108 cm³/mol. The molecule has 1 aromatic heterocycles. The van der Waals surface area contributed by atoms with Gasteiger partial charge in [-0.3, -0.25) is 9.67 Å². The van der Waals surface area contributed by atoms with Crippen LogP contribution in [0.15, 0.2) is 47.7 Å². The van der Waals surface area contributed by atoms with Gasteiger partial charge < -0.3 is 15.4 Å². The van der Waals surface area contributed by atoms with E-state index < -0.39 is 0 Å². The van der Waals surface area contributed by atoms with Crippen LogP contribution in [0, 0.1) is 6.92 Å². The molecule has 1 heterocycles. The second-order valence-electron chi connectivity index (χ2n) is 5.22. The molecule has 0 bridgehead atoms. The molecule has 1 aromatic carbocycles. The second kappa shape index (κ2) is 11.7. The molecule has 0 radical (unpaired) electrons. The lowest BCUT2D eigenvalue weighted by Gasteiger charge is -2.12. The molecular weight excluding hydrogens is 417 g/mol. The summed E-state index contributed by atoms with van der Waals surface area (Å²) in [5.41, 5.74) is 1.19. The van der Waals surface area contributed by atoms with E-state index in [2.05, 4.69) is 20.7 Å². The van der Waals surface area contributed by atoms with Gasteiger partial charge in [0.05, 0.1) is 12.7 Å². The Bertz CT molecular complexity index is 600. The number of nitrogens with zero attached hydrogens (tertiary/aromatic N) is 3. The van der Waals surface area contributed by atoms with Gasteiger partial charge in [-0.2, -0.15) is 5.10 Å². The van der Waals surface area contributed by atoms with Gasteiger partial charge in [0, 0.05) is 26.3 Å². The van der Waals surface area contributed by atoms with Crippen LogP contribution in [0.5, 0.6) is 5.75 Å². The first kappa shape index (κ1) is 20.3. The Morgan fingerprint density at radius 3 is 2.62 bits per heavy atom. The Balaban J connectivity index is 0.00000288. The monoisotopic (exact) mass is 443 g/mol. The average molecular weight is 443 g/mol. The Morgan fingerprint density at radius 1 is 1.21 bits per heavy atom. The molecule has 6 nitrogen and oxygen atoms in total. The van der Waals surface area contributed by atoms with Crippen molar-refractivity contribution in [1.82, 2.24) is 20.4 Å². The van der Waals surface area contributed by atoms with Crippen molar-refractivity contribution < 1.29 is 4.74 Å². The van der Waals surface area contributed by atoms with Crippen LogP contribution in [0.1, 0.15) is 12.0 Å². The molecule has 0 spiro atoms. The van der Waals surface area contributed by atoms with Crippen molar-refractivity contribution in [2.45, 2.75) is 19.9 Å². The predicted octanol–water partition coefficient (Wildman–Crippen LogP) is 2.44. The molecule has 2 N–H and O–H groups in total. The van der Waals surface area contributed by atoms with Crippen LogP contribution in [-0.2, 0) is 6.54 Å². The van der Waals surface area contributed by atoms with Crippen LogP contribution >= 0.6 is 24.0 Å². The summed E-state index contributed by atoms with van der Waals surface area (Å²) >= 11 is 0. The third-order valence-corrected chi connectivity index (χ3v) is 3.25. The van der Waals surface area contributed by atoms with Crippen LogP contribution < -0.4 is 15.4 Å². The minimum Gasteiger partial charge on any atom is -0.492 e. The van der Waals surface area contributed by atoms with Gasteiger partial charge in [0.25, 0.3) is 0 Å². The number of aliphatic imine (C=N–C) groups is 1. The van der Waals surface area contributed by atoms with Gasteiger partial charge in [-0.25, -0.2) is 0 Å². The molecule has 7 heteroatoms. The molecule has 132 valence electrons. The molecule has 0 atom stereocenters. The molecule has 0 aliphatic heterocycles. The van der Waals surface area contributed by atoms with Crippen molar-refractivity contribution >= 4 is 29.9 Å². The number of guanidine groups is 1. The summed E-state index contributed by atoms with van der Waals surface area (Å²) in [7, 11) is 1.77. The van der Waals surface area contributed by atoms with Gasteiger partial charge in [0.2, 0.25) is 0 Å². The normalized spacial score (nSPS) is 10.8. The third-order valence-electron chi connectivity index (χ3n) is 3.25. The topological polar surface area (TPSA) is 63.5 Å². The van der Waals surface area contributed by atoms with E-state index in [-0.39, 0.29) is 24.0 Å². The van der Waals surface area contributed by atoms with E-state index in [1.165, 1.54) is 5.56 Å².